The summed E-state index contributed by atoms with van der Waals surface area (Å²) in [5.74, 6) is 0.659. The van der Waals surface area contributed by atoms with E-state index in [1.807, 2.05) is 4.90 Å². The Bertz CT molecular complexity index is 471. The Balaban J connectivity index is 1.16. The van der Waals surface area contributed by atoms with Crippen molar-refractivity contribution in [1.29, 1.82) is 0 Å². The highest BCUT2D eigenvalue weighted by molar-refractivity contribution is 4.86. The molecule has 5 aliphatic rings. The van der Waals surface area contributed by atoms with Gasteiger partial charge in [0.2, 0.25) is 0 Å². The molecule has 1 saturated carbocycles. The molecule has 0 amide bonds. The lowest BCUT2D eigenvalue weighted by atomic mass is 9.90. The number of nitrogens with zero attached hydrogens (tertiary/aromatic N) is 1. The summed E-state index contributed by atoms with van der Waals surface area (Å²) in [7, 11) is 0. The van der Waals surface area contributed by atoms with E-state index in [0.717, 1.165) is 32.3 Å². The third-order valence-electron chi connectivity index (χ3n) is 7.62. The largest absolute Gasteiger partial charge is 0.379 e. The summed E-state index contributed by atoms with van der Waals surface area (Å²) in [6.07, 6.45) is 10.6. The normalized spacial score (nSPS) is 45.7. The maximum absolute atomic E-state index is 6.11. The van der Waals surface area contributed by atoms with Crippen LogP contribution < -0.4 is 21.0 Å². The second-order valence-corrected chi connectivity index (χ2v) is 9.03. The van der Waals surface area contributed by atoms with Gasteiger partial charge in [0.1, 0.15) is 12.2 Å². The van der Waals surface area contributed by atoms with Crippen molar-refractivity contribution in [3.05, 3.63) is 0 Å². The quantitative estimate of drug-likeness (QED) is 0.463. The van der Waals surface area contributed by atoms with Crippen molar-refractivity contribution in [2.75, 3.05) is 39.4 Å². The molecule has 5 rings (SSSR count). The second-order valence-electron chi connectivity index (χ2n) is 9.03. The number of piperidine rings is 1. The van der Waals surface area contributed by atoms with E-state index in [9.17, 15) is 0 Å². The molecule has 26 heavy (non-hydrogen) atoms. The number of likely N-dealkylation sites (tertiary alicyclic amines) is 1. The van der Waals surface area contributed by atoms with Gasteiger partial charge in [-0.1, -0.05) is 0 Å². The van der Waals surface area contributed by atoms with Crippen LogP contribution in [0.25, 0.3) is 0 Å². The molecular formula is C19H37N5O2+2. The molecule has 7 heteroatoms. The SMILES string of the molecule is C1CC([NH+]2CCC[C@@H]2C2NC(C3CC[NH2+]C(N4CCOCC4)C3)NO2)C1. The Labute approximate surface area is 157 Å². The molecular weight excluding hydrogens is 330 g/mol. The summed E-state index contributed by atoms with van der Waals surface area (Å²) in [6, 6.07) is 1.55. The smallest absolute Gasteiger partial charge is 0.183 e. The lowest BCUT2D eigenvalue weighted by Crippen LogP contribution is -3.19. The van der Waals surface area contributed by atoms with E-state index in [4.69, 9.17) is 9.57 Å². The molecule has 7 nitrogen and oxygen atoms in total. The molecule has 0 aromatic heterocycles. The Morgan fingerprint density at radius 1 is 1.04 bits per heavy atom. The fraction of sp³-hybridized carbons (Fsp3) is 1.00. The second kappa shape index (κ2) is 7.99. The summed E-state index contributed by atoms with van der Waals surface area (Å²) in [4.78, 5) is 10.5. The zero-order chi connectivity index (χ0) is 17.3. The van der Waals surface area contributed by atoms with Gasteiger partial charge in [-0.3, -0.25) is 10.2 Å². The van der Waals surface area contributed by atoms with Crippen LogP contribution in [0.4, 0.5) is 0 Å². The van der Waals surface area contributed by atoms with Crippen LogP contribution in [-0.2, 0) is 9.57 Å². The summed E-state index contributed by atoms with van der Waals surface area (Å²) >= 11 is 0. The van der Waals surface area contributed by atoms with Gasteiger partial charge in [-0.15, -0.1) is 0 Å². The van der Waals surface area contributed by atoms with Crippen LogP contribution in [0, 0.1) is 5.92 Å². The first-order valence-corrected chi connectivity index (χ1v) is 11.1. The topological polar surface area (TPSA) is 66.8 Å². The number of ether oxygens (including phenoxy) is 1. The van der Waals surface area contributed by atoms with E-state index in [-0.39, 0.29) is 6.23 Å². The van der Waals surface area contributed by atoms with Crippen LogP contribution >= 0.6 is 0 Å². The minimum Gasteiger partial charge on any atom is -0.379 e. The molecule has 0 bridgehead atoms. The molecule has 0 radical (unpaired) electrons. The van der Waals surface area contributed by atoms with Gasteiger partial charge >= 0.3 is 0 Å². The Kier molecular flexibility index (Phi) is 5.47. The van der Waals surface area contributed by atoms with E-state index in [1.54, 1.807) is 0 Å². The zero-order valence-corrected chi connectivity index (χ0v) is 16.0. The molecule has 6 atom stereocenters. The molecule has 0 aromatic carbocycles. The van der Waals surface area contributed by atoms with Crippen molar-refractivity contribution < 1.29 is 19.8 Å². The van der Waals surface area contributed by atoms with Crippen molar-refractivity contribution >= 4 is 0 Å². The zero-order valence-electron chi connectivity index (χ0n) is 16.0. The number of morpholine rings is 1. The van der Waals surface area contributed by atoms with Crippen LogP contribution in [-0.4, -0.2) is 74.9 Å². The highest BCUT2D eigenvalue weighted by atomic mass is 16.7. The molecule has 0 spiro atoms. The van der Waals surface area contributed by atoms with Crippen molar-refractivity contribution in [2.45, 2.75) is 75.6 Å². The van der Waals surface area contributed by atoms with Crippen LogP contribution in [0.5, 0.6) is 0 Å². The minimum absolute atomic E-state index is 0.200. The van der Waals surface area contributed by atoms with E-state index in [0.29, 0.717) is 24.3 Å². The molecule has 4 saturated heterocycles. The fourth-order valence-electron chi connectivity index (χ4n) is 5.89. The van der Waals surface area contributed by atoms with Crippen LogP contribution in [0.15, 0.2) is 0 Å². The third kappa shape index (κ3) is 3.55. The Morgan fingerprint density at radius 2 is 1.92 bits per heavy atom. The predicted molar refractivity (Wildman–Crippen MR) is 97.1 cm³/mol. The highest BCUT2D eigenvalue weighted by Crippen LogP contribution is 2.24. The highest BCUT2D eigenvalue weighted by Gasteiger charge is 2.47. The number of rotatable bonds is 4. The molecule has 5 N–H and O–H groups in total. The van der Waals surface area contributed by atoms with Gasteiger partial charge in [0, 0.05) is 44.7 Å². The molecule has 4 heterocycles. The lowest BCUT2D eigenvalue weighted by Gasteiger charge is -2.38. The maximum atomic E-state index is 6.11. The average Bonchev–Trinajstić information content (AvgIpc) is 3.31. The number of nitrogens with two attached hydrogens (primary N) is 1. The predicted octanol–water partition coefficient (Wildman–Crippen LogP) is -2.01. The first kappa shape index (κ1) is 17.8. The van der Waals surface area contributed by atoms with E-state index < -0.39 is 0 Å². The molecule has 5 unspecified atom stereocenters. The molecule has 5 fully saturated rings. The van der Waals surface area contributed by atoms with Gasteiger partial charge in [0.15, 0.2) is 6.23 Å². The van der Waals surface area contributed by atoms with E-state index in [1.165, 1.54) is 58.0 Å². The number of quaternary nitrogens is 2. The van der Waals surface area contributed by atoms with Crippen molar-refractivity contribution in [3.8, 4) is 0 Å². The first-order valence-electron chi connectivity index (χ1n) is 11.1. The lowest BCUT2D eigenvalue weighted by molar-refractivity contribution is -0.946. The standard InChI is InChI=1S/C19H35N5O2/c1-3-15(4-1)24-8-2-5-16(24)19-21-18(22-26-19)14-6-7-20-17(13-14)23-9-11-25-12-10-23/h14-22H,1-13H2/p+2/t14?,16-,17?,18?,19?/m1/s1. The van der Waals surface area contributed by atoms with Gasteiger partial charge in [-0.2, -0.15) is 5.48 Å². The summed E-state index contributed by atoms with van der Waals surface area (Å²) in [5.41, 5.74) is 3.39. The molecule has 4 aliphatic heterocycles. The van der Waals surface area contributed by atoms with Gasteiger partial charge in [-0.25, -0.2) is 4.90 Å². The van der Waals surface area contributed by atoms with Gasteiger partial charge in [0.05, 0.1) is 38.5 Å². The molecule has 0 aromatic rings. The van der Waals surface area contributed by atoms with Gasteiger partial charge < -0.3 is 15.0 Å². The fourth-order valence-corrected chi connectivity index (χ4v) is 5.89. The summed E-state index contributed by atoms with van der Waals surface area (Å²) in [6.45, 7) is 6.52. The number of hydroxylamine groups is 1. The Hall–Kier alpha value is -0.280. The van der Waals surface area contributed by atoms with Crippen molar-refractivity contribution in [2.24, 2.45) is 5.92 Å². The Morgan fingerprint density at radius 3 is 2.73 bits per heavy atom. The maximum Gasteiger partial charge on any atom is 0.183 e. The number of hydrogen-bond acceptors (Lipinski definition) is 5. The summed E-state index contributed by atoms with van der Waals surface area (Å²) in [5, 5.41) is 6.38. The average molecular weight is 368 g/mol. The molecule has 1 aliphatic carbocycles. The van der Waals surface area contributed by atoms with E-state index in [2.05, 4.69) is 21.0 Å². The van der Waals surface area contributed by atoms with Crippen molar-refractivity contribution in [1.82, 2.24) is 15.7 Å². The number of nitrogens with one attached hydrogen (secondary N) is 3. The molecule has 148 valence electrons. The first-order chi connectivity index (χ1) is 12.9. The van der Waals surface area contributed by atoms with Gasteiger partial charge in [0.25, 0.3) is 0 Å². The summed E-state index contributed by atoms with van der Waals surface area (Å²) < 4.78 is 5.53. The monoisotopic (exact) mass is 367 g/mol. The minimum atomic E-state index is 0.200. The van der Waals surface area contributed by atoms with Crippen LogP contribution in [0.1, 0.15) is 44.9 Å². The van der Waals surface area contributed by atoms with Gasteiger partial charge in [-0.05, 0) is 19.3 Å². The third-order valence-corrected chi connectivity index (χ3v) is 7.62. The van der Waals surface area contributed by atoms with Crippen LogP contribution in [0.2, 0.25) is 0 Å². The van der Waals surface area contributed by atoms with Crippen LogP contribution in [0.3, 0.4) is 0 Å². The van der Waals surface area contributed by atoms with E-state index >= 15 is 0 Å². The van der Waals surface area contributed by atoms with Crippen molar-refractivity contribution in [3.63, 3.8) is 0 Å². The number of hydrogen-bond donors (Lipinski definition) is 4.